The lowest BCUT2D eigenvalue weighted by Crippen LogP contribution is -2.70. The van der Waals surface area contributed by atoms with Gasteiger partial charge in [-0.1, -0.05) is 29.8 Å². The Kier molecular flexibility index (Phi) is 6.16. The smallest absolute Gasteiger partial charge is 0.303 e. The number of hydrogen-bond donors (Lipinski definition) is 1. The number of fused-ring (bicyclic) bond motifs is 5. The molecule has 0 aromatic carbocycles. The highest BCUT2D eigenvalue weighted by Crippen LogP contribution is 2.72. The fraction of sp³-hybridized carbons (Fsp3) is 0.760. The van der Waals surface area contributed by atoms with Crippen LogP contribution in [-0.4, -0.2) is 57.4 Å². The molecule has 4 aliphatic rings. The zero-order valence-corrected chi connectivity index (χ0v) is 21.6. The molecular formula is C25H32BrFO7. The van der Waals surface area contributed by atoms with Crippen molar-refractivity contribution in [2.75, 3.05) is 6.61 Å². The maximum Gasteiger partial charge on any atom is 0.303 e. The zero-order chi connectivity index (χ0) is 25.3. The first-order valence-electron chi connectivity index (χ1n) is 11.8. The maximum atomic E-state index is 15.6. The number of Topliss-reactive ketones (excluding diaryl/α,β-unsaturated/α-hetero) is 1. The summed E-state index contributed by atoms with van der Waals surface area (Å²) in [6, 6.07) is 0. The van der Waals surface area contributed by atoms with Crippen LogP contribution in [0.2, 0.25) is 0 Å². The molecule has 188 valence electrons. The van der Waals surface area contributed by atoms with E-state index in [1.165, 1.54) is 19.9 Å². The lowest BCUT2D eigenvalue weighted by atomic mass is 9.45. The molecule has 7 nitrogen and oxygen atoms in total. The molecule has 0 saturated heterocycles. The third-order valence-electron chi connectivity index (χ3n) is 9.32. The van der Waals surface area contributed by atoms with E-state index in [2.05, 4.69) is 15.9 Å². The molecule has 0 aromatic rings. The molecule has 0 unspecified atom stereocenters. The number of halogens is 2. The Balaban J connectivity index is 1.80. The van der Waals surface area contributed by atoms with E-state index >= 15 is 4.39 Å². The van der Waals surface area contributed by atoms with Gasteiger partial charge in [0.2, 0.25) is 5.78 Å². The first kappa shape index (κ1) is 25.5. The number of allylic oxidation sites excluding steroid dienone is 1. The largest absolute Gasteiger partial charge is 0.458 e. The molecule has 8 atom stereocenters. The molecule has 0 spiro atoms. The first-order valence-corrected chi connectivity index (χ1v) is 12.6. The third kappa shape index (κ3) is 3.29. The summed E-state index contributed by atoms with van der Waals surface area (Å²) in [4.78, 5) is 49.1. The number of rotatable bonds is 4. The number of ketones is 2. The van der Waals surface area contributed by atoms with Gasteiger partial charge in [-0.2, -0.15) is 0 Å². The van der Waals surface area contributed by atoms with Gasteiger partial charge < -0.3 is 14.6 Å². The van der Waals surface area contributed by atoms with E-state index in [1.807, 2.05) is 13.8 Å². The molecule has 3 fully saturated rings. The van der Waals surface area contributed by atoms with E-state index in [-0.39, 0.29) is 43.3 Å². The summed E-state index contributed by atoms with van der Waals surface area (Å²) in [6.45, 7) is 5.61. The van der Waals surface area contributed by atoms with Crippen molar-refractivity contribution in [2.24, 2.45) is 22.7 Å². The third-order valence-corrected chi connectivity index (χ3v) is 11.3. The number of aliphatic hydroxyl groups is 1. The number of hydrogen-bond acceptors (Lipinski definition) is 7. The van der Waals surface area contributed by atoms with Crippen LogP contribution in [0.1, 0.15) is 66.2 Å². The van der Waals surface area contributed by atoms with Crippen LogP contribution >= 0.6 is 15.9 Å². The minimum Gasteiger partial charge on any atom is -0.458 e. The number of alkyl halides is 2. The lowest BCUT2D eigenvalue weighted by molar-refractivity contribution is -0.198. The van der Waals surface area contributed by atoms with E-state index in [1.54, 1.807) is 0 Å². The number of carbonyl (C=O) groups is 4. The van der Waals surface area contributed by atoms with Crippen LogP contribution in [0.15, 0.2) is 11.6 Å². The van der Waals surface area contributed by atoms with Gasteiger partial charge in [0.05, 0.1) is 10.4 Å². The quantitative estimate of drug-likeness (QED) is 0.428. The molecule has 34 heavy (non-hydrogen) atoms. The van der Waals surface area contributed by atoms with Crippen LogP contribution in [-0.2, 0) is 28.7 Å². The SMILES string of the molecule is CC(=O)OCC(=O)[C@@]1(OC(C)=O)CC[C@H]2[C@@H]3C[C@H](F)C4=CC(=O)CC[C@]4(C)[C@@]3(Br)[C@@H](O)C[C@@]21C. The summed E-state index contributed by atoms with van der Waals surface area (Å²) >= 11 is 3.89. The summed E-state index contributed by atoms with van der Waals surface area (Å²) in [5.41, 5.74) is -2.92. The van der Waals surface area contributed by atoms with E-state index in [4.69, 9.17) is 9.47 Å². The van der Waals surface area contributed by atoms with Gasteiger partial charge in [0.25, 0.3) is 0 Å². The van der Waals surface area contributed by atoms with Gasteiger partial charge in [-0.3, -0.25) is 19.2 Å². The van der Waals surface area contributed by atoms with Crippen molar-refractivity contribution in [1.29, 1.82) is 0 Å². The standard InChI is InChI=1S/C25H32BrFO7/c1-13(28)33-12-21(32)24(34-14(2)29)8-6-16-17-10-19(27)18-9-15(30)5-7-22(18,3)25(17,26)20(31)11-23(16,24)4/h9,16-17,19-20,31H,5-8,10-12H2,1-4H3/t16-,17-,19-,20-,22-,23-,24-,25-/m0/s1. The molecule has 9 heteroatoms. The van der Waals surface area contributed by atoms with Crippen LogP contribution in [0.25, 0.3) is 0 Å². The molecule has 0 aromatic heterocycles. The van der Waals surface area contributed by atoms with Gasteiger partial charge in [0.1, 0.15) is 6.17 Å². The number of carbonyl (C=O) groups excluding carboxylic acids is 4. The van der Waals surface area contributed by atoms with Crippen LogP contribution in [0.4, 0.5) is 4.39 Å². The van der Waals surface area contributed by atoms with Crippen molar-refractivity contribution in [3.63, 3.8) is 0 Å². The van der Waals surface area contributed by atoms with Gasteiger partial charge in [-0.25, -0.2) is 4.39 Å². The average Bonchev–Trinajstić information content (AvgIpc) is 3.02. The Morgan fingerprint density at radius 2 is 1.85 bits per heavy atom. The van der Waals surface area contributed by atoms with E-state index in [0.29, 0.717) is 18.4 Å². The molecule has 0 amide bonds. The van der Waals surface area contributed by atoms with Gasteiger partial charge in [-0.15, -0.1) is 0 Å². The van der Waals surface area contributed by atoms with Crippen molar-refractivity contribution in [1.82, 2.24) is 0 Å². The molecule has 0 bridgehead atoms. The predicted molar refractivity (Wildman–Crippen MR) is 123 cm³/mol. The second kappa shape index (κ2) is 8.22. The van der Waals surface area contributed by atoms with Crippen molar-refractivity contribution < 1.29 is 38.1 Å². The normalized spacial score (nSPS) is 45.4. The lowest BCUT2D eigenvalue weighted by Gasteiger charge is -2.65. The van der Waals surface area contributed by atoms with Gasteiger partial charge in [0, 0.05) is 31.1 Å². The van der Waals surface area contributed by atoms with E-state index in [9.17, 15) is 24.3 Å². The summed E-state index contributed by atoms with van der Waals surface area (Å²) in [7, 11) is 0. The number of aliphatic hydroxyl groups excluding tert-OH is 1. The first-order chi connectivity index (χ1) is 15.7. The zero-order valence-electron chi connectivity index (χ0n) is 20.0. The molecule has 0 aliphatic heterocycles. The molecule has 1 N–H and O–H groups in total. The minimum absolute atomic E-state index is 0.0888. The Morgan fingerprint density at radius 3 is 2.47 bits per heavy atom. The highest BCUT2D eigenvalue weighted by atomic mass is 79.9. The molecule has 3 saturated carbocycles. The van der Waals surface area contributed by atoms with Crippen molar-refractivity contribution in [2.45, 2.75) is 88.4 Å². The topological polar surface area (TPSA) is 107 Å². The van der Waals surface area contributed by atoms with Crippen LogP contribution in [0, 0.1) is 22.7 Å². The van der Waals surface area contributed by atoms with Crippen LogP contribution < -0.4 is 0 Å². The van der Waals surface area contributed by atoms with Crippen LogP contribution in [0.5, 0.6) is 0 Å². The number of ether oxygens (including phenoxy) is 2. The van der Waals surface area contributed by atoms with E-state index in [0.717, 1.165) is 0 Å². The van der Waals surface area contributed by atoms with Crippen molar-refractivity contribution in [3.05, 3.63) is 11.6 Å². The predicted octanol–water partition coefficient (Wildman–Crippen LogP) is 3.39. The Morgan fingerprint density at radius 1 is 1.18 bits per heavy atom. The van der Waals surface area contributed by atoms with Crippen molar-refractivity contribution in [3.8, 4) is 0 Å². The molecule has 4 aliphatic carbocycles. The highest BCUT2D eigenvalue weighted by Gasteiger charge is 2.75. The number of esters is 2. The maximum absolute atomic E-state index is 15.6. The van der Waals surface area contributed by atoms with Gasteiger partial charge in [-0.05, 0) is 55.6 Å². The summed E-state index contributed by atoms with van der Waals surface area (Å²) in [5.74, 6) is -2.51. The second-order valence-electron chi connectivity index (χ2n) is 10.9. The molecule has 0 radical (unpaired) electrons. The van der Waals surface area contributed by atoms with Crippen molar-refractivity contribution >= 4 is 39.4 Å². The summed E-state index contributed by atoms with van der Waals surface area (Å²) in [6.07, 6.45) is 0.672. The molecule has 4 rings (SSSR count). The molecular weight excluding hydrogens is 511 g/mol. The fourth-order valence-electron chi connectivity index (χ4n) is 7.76. The Bertz CT molecular complexity index is 980. The van der Waals surface area contributed by atoms with Gasteiger partial charge >= 0.3 is 11.9 Å². The highest BCUT2D eigenvalue weighted by molar-refractivity contribution is 9.10. The Hall–Kier alpha value is -1.61. The average molecular weight is 543 g/mol. The van der Waals surface area contributed by atoms with Crippen LogP contribution in [0.3, 0.4) is 0 Å². The van der Waals surface area contributed by atoms with E-state index < -0.39 is 57.4 Å². The fourth-order valence-corrected chi connectivity index (χ4v) is 8.85. The monoisotopic (exact) mass is 542 g/mol. The molecule has 0 heterocycles. The Labute approximate surface area is 206 Å². The summed E-state index contributed by atoms with van der Waals surface area (Å²) in [5, 5.41) is 11.7. The second-order valence-corrected chi connectivity index (χ2v) is 12.2. The van der Waals surface area contributed by atoms with Gasteiger partial charge in [0.15, 0.2) is 18.0 Å². The summed E-state index contributed by atoms with van der Waals surface area (Å²) < 4.78 is 25.4. The minimum atomic E-state index is -1.58.